The van der Waals surface area contributed by atoms with Crippen LogP contribution in [-0.4, -0.2) is 43.4 Å². The van der Waals surface area contributed by atoms with E-state index >= 15 is 0 Å². The van der Waals surface area contributed by atoms with E-state index in [1.807, 2.05) is 30.0 Å². The van der Waals surface area contributed by atoms with Gasteiger partial charge in [0.1, 0.15) is 11.5 Å². The summed E-state index contributed by atoms with van der Waals surface area (Å²) in [5, 5.41) is 13.8. The number of benzene rings is 1. The van der Waals surface area contributed by atoms with Crippen molar-refractivity contribution in [3.05, 3.63) is 23.8 Å². The largest absolute Gasteiger partial charge is 0.497 e. The summed E-state index contributed by atoms with van der Waals surface area (Å²) < 4.78 is 10.5. The SMILES string of the molecule is COc1ccc(OC)c(C(O)CNC2CCCSC2)c1. The van der Waals surface area contributed by atoms with Crippen LogP contribution in [0, 0.1) is 0 Å². The molecule has 2 N–H and O–H groups in total. The zero-order valence-corrected chi connectivity index (χ0v) is 12.9. The Balaban J connectivity index is 1.98. The first-order chi connectivity index (χ1) is 9.74. The van der Waals surface area contributed by atoms with E-state index in [2.05, 4.69) is 5.32 Å². The summed E-state index contributed by atoms with van der Waals surface area (Å²) in [7, 11) is 3.23. The first-order valence-corrected chi connectivity index (χ1v) is 8.11. The molecule has 20 heavy (non-hydrogen) atoms. The number of ether oxygens (including phenoxy) is 2. The number of aliphatic hydroxyl groups excluding tert-OH is 1. The smallest absolute Gasteiger partial charge is 0.124 e. The molecule has 1 aliphatic rings. The number of hydrogen-bond donors (Lipinski definition) is 2. The highest BCUT2D eigenvalue weighted by Crippen LogP contribution is 2.29. The van der Waals surface area contributed by atoms with Gasteiger partial charge in [0.15, 0.2) is 0 Å². The Bertz CT molecular complexity index is 422. The minimum Gasteiger partial charge on any atom is -0.497 e. The van der Waals surface area contributed by atoms with Crippen molar-refractivity contribution in [2.24, 2.45) is 0 Å². The zero-order valence-electron chi connectivity index (χ0n) is 12.1. The molecule has 0 spiro atoms. The van der Waals surface area contributed by atoms with E-state index in [0.717, 1.165) is 17.1 Å². The topological polar surface area (TPSA) is 50.7 Å². The molecular formula is C15H23NO3S. The molecule has 1 aromatic rings. The van der Waals surface area contributed by atoms with Crippen molar-refractivity contribution in [1.82, 2.24) is 5.32 Å². The molecular weight excluding hydrogens is 274 g/mol. The maximum Gasteiger partial charge on any atom is 0.124 e. The predicted molar refractivity (Wildman–Crippen MR) is 82.9 cm³/mol. The molecule has 1 fully saturated rings. The van der Waals surface area contributed by atoms with E-state index < -0.39 is 6.10 Å². The first-order valence-electron chi connectivity index (χ1n) is 6.95. The Hall–Kier alpha value is -0.910. The Morgan fingerprint density at radius 2 is 2.25 bits per heavy atom. The summed E-state index contributed by atoms with van der Waals surface area (Å²) in [5.41, 5.74) is 0.766. The molecule has 5 heteroatoms. The van der Waals surface area contributed by atoms with Crippen LogP contribution in [0.4, 0.5) is 0 Å². The first kappa shape index (κ1) is 15.5. The number of rotatable bonds is 6. The summed E-state index contributed by atoms with van der Waals surface area (Å²) in [6.45, 7) is 0.536. The standard InChI is InChI=1S/C15H23NO3S/c1-18-12-5-6-15(19-2)13(8-12)14(17)9-16-11-4-3-7-20-10-11/h5-6,8,11,14,16-17H,3-4,7,9-10H2,1-2H3. The molecule has 0 amide bonds. The second-order valence-electron chi connectivity index (χ2n) is 4.95. The molecule has 0 aliphatic carbocycles. The van der Waals surface area contributed by atoms with Gasteiger partial charge in [0.2, 0.25) is 0 Å². The number of thioether (sulfide) groups is 1. The number of aliphatic hydroxyl groups is 1. The van der Waals surface area contributed by atoms with Crippen LogP contribution in [0.15, 0.2) is 18.2 Å². The molecule has 0 aromatic heterocycles. The van der Waals surface area contributed by atoms with Crippen molar-refractivity contribution < 1.29 is 14.6 Å². The number of nitrogens with one attached hydrogen (secondary N) is 1. The van der Waals surface area contributed by atoms with Crippen molar-refractivity contribution in [2.75, 3.05) is 32.3 Å². The summed E-state index contributed by atoms with van der Waals surface area (Å²) in [5.74, 6) is 3.80. The number of hydrogen-bond acceptors (Lipinski definition) is 5. The second kappa shape index (κ2) is 7.76. The molecule has 2 rings (SSSR count). The molecule has 0 bridgehead atoms. The second-order valence-corrected chi connectivity index (χ2v) is 6.10. The summed E-state index contributed by atoms with van der Waals surface area (Å²) in [6, 6.07) is 5.99. The Morgan fingerprint density at radius 3 is 2.90 bits per heavy atom. The van der Waals surface area contributed by atoms with Gasteiger partial charge in [-0.3, -0.25) is 0 Å². The molecule has 4 nitrogen and oxygen atoms in total. The average Bonchev–Trinajstić information content (AvgIpc) is 2.52. The quantitative estimate of drug-likeness (QED) is 0.843. The Kier molecular flexibility index (Phi) is 6.01. The monoisotopic (exact) mass is 297 g/mol. The fourth-order valence-corrected chi connectivity index (χ4v) is 3.50. The normalized spacial score (nSPS) is 20.4. The lowest BCUT2D eigenvalue weighted by molar-refractivity contribution is 0.165. The van der Waals surface area contributed by atoms with Gasteiger partial charge in [0.05, 0.1) is 20.3 Å². The summed E-state index contributed by atoms with van der Waals surface area (Å²) >= 11 is 1.98. The van der Waals surface area contributed by atoms with Gasteiger partial charge in [-0.1, -0.05) is 0 Å². The maximum absolute atomic E-state index is 10.4. The highest BCUT2D eigenvalue weighted by atomic mass is 32.2. The van der Waals surface area contributed by atoms with Crippen LogP contribution in [0.25, 0.3) is 0 Å². The minimum absolute atomic E-state index is 0.500. The molecule has 1 aliphatic heterocycles. The van der Waals surface area contributed by atoms with Gasteiger partial charge in [-0.05, 0) is 36.8 Å². The van der Waals surface area contributed by atoms with Crippen molar-refractivity contribution in [3.63, 3.8) is 0 Å². The number of methoxy groups -OCH3 is 2. The maximum atomic E-state index is 10.4. The van der Waals surface area contributed by atoms with E-state index in [-0.39, 0.29) is 0 Å². The third-order valence-corrected chi connectivity index (χ3v) is 4.77. The van der Waals surface area contributed by atoms with E-state index in [9.17, 15) is 5.11 Å². The molecule has 0 saturated carbocycles. The lowest BCUT2D eigenvalue weighted by Crippen LogP contribution is -2.36. The van der Waals surface area contributed by atoms with Crippen LogP contribution in [-0.2, 0) is 0 Å². The zero-order chi connectivity index (χ0) is 14.4. The fourth-order valence-electron chi connectivity index (χ4n) is 2.39. The van der Waals surface area contributed by atoms with Crippen LogP contribution >= 0.6 is 11.8 Å². The molecule has 1 heterocycles. The van der Waals surface area contributed by atoms with Gasteiger partial charge in [0, 0.05) is 23.9 Å². The molecule has 112 valence electrons. The van der Waals surface area contributed by atoms with Gasteiger partial charge in [-0.25, -0.2) is 0 Å². The third kappa shape index (κ3) is 4.04. The fraction of sp³-hybridized carbons (Fsp3) is 0.600. The van der Waals surface area contributed by atoms with Gasteiger partial charge >= 0.3 is 0 Å². The van der Waals surface area contributed by atoms with Crippen LogP contribution in [0.2, 0.25) is 0 Å². The third-order valence-electron chi connectivity index (χ3n) is 3.56. The lowest BCUT2D eigenvalue weighted by atomic mass is 10.1. The molecule has 2 atom stereocenters. The summed E-state index contributed by atoms with van der Waals surface area (Å²) in [6.07, 6.45) is 1.85. The molecule has 1 saturated heterocycles. The highest BCUT2D eigenvalue weighted by Gasteiger charge is 2.18. The van der Waals surface area contributed by atoms with Crippen molar-refractivity contribution in [3.8, 4) is 11.5 Å². The van der Waals surface area contributed by atoms with E-state index in [1.165, 1.54) is 18.6 Å². The van der Waals surface area contributed by atoms with Gasteiger partial charge in [-0.15, -0.1) is 0 Å². The van der Waals surface area contributed by atoms with Crippen LogP contribution in [0.1, 0.15) is 24.5 Å². The van der Waals surface area contributed by atoms with E-state index in [4.69, 9.17) is 9.47 Å². The van der Waals surface area contributed by atoms with Crippen molar-refractivity contribution in [2.45, 2.75) is 25.0 Å². The average molecular weight is 297 g/mol. The molecule has 1 aromatic carbocycles. The minimum atomic E-state index is -0.591. The van der Waals surface area contributed by atoms with Crippen molar-refractivity contribution in [1.29, 1.82) is 0 Å². The Labute approximate surface area is 124 Å². The van der Waals surface area contributed by atoms with Crippen LogP contribution < -0.4 is 14.8 Å². The van der Waals surface area contributed by atoms with Gasteiger partial charge < -0.3 is 19.9 Å². The van der Waals surface area contributed by atoms with Gasteiger partial charge in [-0.2, -0.15) is 11.8 Å². The molecule has 0 radical (unpaired) electrons. The Morgan fingerprint density at radius 1 is 1.40 bits per heavy atom. The lowest BCUT2D eigenvalue weighted by Gasteiger charge is -2.24. The predicted octanol–water partition coefficient (Wildman–Crippen LogP) is 2.22. The van der Waals surface area contributed by atoms with Crippen LogP contribution in [0.3, 0.4) is 0 Å². The summed E-state index contributed by atoms with van der Waals surface area (Å²) in [4.78, 5) is 0. The van der Waals surface area contributed by atoms with E-state index in [1.54, 1.807) is 14.2 Å². The van der Waals surface area contributed by atoms with E-state index in [0.29, 0.717) is 18.3 Å². The highest BCUT2D eigenvalue weighted by molar-refractivity contribution is 7.99. The van der Waals surface area contributed by atoms with Gasteiger partial charge in [0.25, 0.3) is 0 Å². The molecule has 2 unspecified atom stereocenters. The van der Waals surface area contributed by atoms with Crippen LogP contribution in [0.5, 0.6) is 11.5 Å². The van der Waals surface area contributed by atoms with Crippen molar-refractivity contribution >= 4 is 11.8 Å².